The van der Waals surface area contributed by atoms with E-state index in [1.54, 1.807) is 0 Å². The molecular weight excluding hydrogens is 277 g/mol. The summed E-state index contributed by atoms with van der Waals surface area (Å²) in [4.78, 5) is 15.6. The van der Waals surface area contributed by atoms with Crippen LogP contribution in [0.1, 0.15) is 48.7 Å². The Bertz CT molecular complexity index is 468. The molecule has 2 rings (SSSR count). The summed E-state index contributed by atoms with van der Waals surface area (Å²) in [5.41, 5.74) is 0. The van der Waals surface area contributed by atoms with Crippen molar-refractivity contribution in [2.24, 2.45) is 0 Å². The lowest BCUT2D eigenvalue weighted by molar-refractivity contribution is -0.138. The van der Waals surface area contributed by atoms with E-state index in [2.05, 4.69) is 20.8 Å². The first-order valence-electron chi connectivity index (χ1n) is 6.30. The molecule has 1 aromatic heterocycles. The highest BCUT2D eigenvalue weighted by atomic mass is 19.4. The van der Waals surface area contributed by atoms with Crippen molar-refractivity contribution in [2.75, 3.05) is 6.54 Å². The van der Waals surface area contributed by atoms with Gasteiger partial charge in [-0.2, -0.15) is 18.2 Å². The van der Waals surface area contributed by atoms with Gasteiger partial charge in [-0.15, -0.1) is 0 Å². The van der Waals surface area contributed by atoms with Gasteiger partial charge in [0.05, 0.1) is 12.5 Å². The average molecular weight is 292 g/mol. The van der Waals surface area contributed by atoms with Crippen LogP contribution in [0.15, 0.2) is 4.52 Å². The maximum Gasteiger partial charge on any atom is 0.391 e. The summed E-state index contributed by atoms with van der Waals surface area (Å²) in [7, 11) is 0. The molecule has 9 heteroatoms. The van der Waals surface area contributed by atoms with E-state index in [0.29, 0.717) is 0 Å². The highest BCUT2D eigenvalue weighted by molar-refractivity contribution is 5.90. The molecule has 1 aliphatic rings. The van der Waals surface area contributed by atoms with Crippen molar-refractivity contribution in [3.05, 3.63) is 11.7 Å². The van der Waals surface area contributed by atoms with E-state index in [-0.39, 0.29) is 17.8 Å². The first-order chi connectivity index (χ1) is 9.35. The number of hydrogen-bond donors (Lipinski definition) is 2. The SMILES string of the molecule is CC(CC(F)(F)F)NC(=O)c1noc(C2CCCN2)n1. The zero-order valence-corrected chi connectivity index (χ0v) is 10.8. The van der Waals surface area contributed by atoms with E-state index < -0.39 is 24.5 Å². The molecule has 0 bridgehead atoms. The summed E-state index contributed by atoms with van der Waals surface area (Å²) in [6.07, 6.45) is -3.64. The fraction of sp³-hybridized carbons (Fsp3) is 0.727. The fourth-order valence-electron chi connectivity index (χ4n) is 2.05. The molecule has 0 aliphatic carbocycles. The van der Waals surface area contributed by atoms with E-state index in [9.17, 15) is 18.0 Å². The van der Waals surface area contributed by atoms with Gasteiger partial charge in [0.2, 0.25) is 5.89 Å². The van der Waals surface area contributed by atoms with Crippen molar-refractivity contribution in [1.29, 1.82) is 0 Å². The molecule has 0 radical (unpaired) electrons. The van der Waals surface area contributed by atoms with Crippen LogP contribution in [0.3, 0.4) is 0 Å². The van der Waals surface area contributed by atoms with E-state index in [1.807, 2.05) is 0 Å². The zero-order valence-electron chi connectivity index (χ0n) is 10.8. The maximum absolute atomic E-state index is 12.2. The van der Waals surface area contributed by atoms with E-state index in [1.165, 1.54) is 6.92 Å². The van der Waals surface area contributed by atoms with Gasteiger partial charge in [-0.05, 0) is 26.3 Å². The quantitative estimate of drug-likeness (QED) is 0.880. The standard InChI is InChI=1S/C11H15F3N4O2/c1-6(5-11(12,13)14)16-9(19)8-17-10(20-18-8)7-3-2-4-15-7/h6-7,15H,2-5H2,1H3,(H,16,19). The van der Waals surface area contributed by atoms with Gasteiger partial charge in [0.15, 0.2) is 0 Å². The number of carbonyl (C=O) groups is 1. The van der Waals surface area contributed by atoms with Crippen LogP contribution in [0.5, 0.6) is 0 Å². The second-order valence-corrected chi connectivity index (χ2v) is 4.80. The summed E-state index contributed by atoms with van der Waals surface area (Å²) in [6, 6.07) is -1.13. The fourth-order valence-corrected chi connectivity index (χ4v) is 2.05. The molecule has 2 unspecified atom stereocenters. The molecule has 1 aliphatic heterocycles. The normalized spacial score (nSPS) is 20.9. The first-order valence-corrected chi connectivity index (χ1v) is 6.30. The lowest BCUT2D eigenvalue weighted by Crippen LogP contribution is -2.36. The van der Waals surface area contributed by atoms with E-state index in [4.69, 9.17) is 4.52 Å². The van der Waals surface area contributed by atoms with Crippen LogP contribution in [-0.4, -0.2) is 34.8 Å². The first kappa shape index (κ1) is 14.8. The molecule has 6 nitrogen and oxygen atoms in total. The summed E-state index contributed by atoms with van der Waals surface area (Å²) < 4.78 is 41.4. The van der Waals surface area contributed by atoms with Gasteiger partial charge in [-0.1, -0.05) is 5.16 Å². The van der Waals surface area contributed by atoms with Crippen LogP contribution in [0.4, 0.5) is 13.2 Å². The van der Waals surface area contributed by atoms with Crippen molar-refractivity contribution >= 4 is 5.91 Å². The van der Waals surface area contributed by atoms with Gasteiger partial charge in [0.1, 0.15) is 0 Å². The van der Waals surface area contributed by atoms with Gasteiger partial charge in [-0.25, -0.2) is 0 Å². The molecule has 2 atom stereocenters. The number of carbonyl (C=O) groups excluding carboxylic acids is 1. The number of nitrogens with zero attached hydrogens (tertiary/aromatic N) is 2. The van der Waals surface area contributed by atoms with Crippen LogP contribution >= 0.6 is 0 Å². The molecule has 1 saturated heterocycles. The largest absolute Gasteiger partial charge is 0.391 e. The molecule has 1 amide bonds. The lowest BCUT2D eigenvalue weighted by atomic mass is 10.2. The molecule has 1 fully saturated rings. The number of aromatic nitrogens is 2. The van der Waals surface area contributed by atoms with Crippen LogP contribution in [0.2, 0.25) is 0 Å². The van der Waals surface area contributed by atoms with Gasteiger partial charge < -0.3 is 15.2 Å². The van der Waals surface area contributed by atoms with Gasteiger partial charge in [0, 0.05) is 6.04 Å². The molecule has 2 N–H and O–H groups in total. The monoisotopic (exact) mass is 292 g/mol. The molecule has 1 aromatic rings. The van der Waals surface area contributed by atoms with Gasteiger partial charge in [-0.3, -0.25) is 4.79 Å². The summed E-state index contributed by atoms with van der Waals surface area (Å²) in [6.45, 7) is 2.10. The predicted molar refractivity (Wildman–Crippen MR) is 61.9 cm³/mol. The molecule has 2 heterocycles. The molecule has 0 aromatic carbocycles. The number of alkyl halides is 3. The Morgan fingerprint density at radius 3 is 2.95 bits per heavy atom. The highest BCUT2D eigenvalue weighted by Crippen LogP contribution is 2.22. The van der Waals surface area contributed by atoms with Gasteiger partial charge in [0.25, 0.3) is 11.7 Å². The van der Waals surface area contributed by atoms with Crippen molar-refractivity contribution in [2.45, 2.75) is 44.4 Å². The smallest absolute Gasteiger partial charge is 0.346 e. The minimum atomic E-state index is -4.33. The minimum Gasteiger partial charge on any atom is -0.346 e. The number of hydrogen-bond acceptors (Lipinski definition) is 5. The summed E-state index contributed by atoms with van der Waals surface area (Å²) in [5, 5.41) is 8.80. The van der Waals surface area contributed by atoms with Crippen molar-refractivity contribution in [3.8, 4) is 0 Å². The Morgan fingerprint density at radius 2 is 2.35 bits per heavy atom. The lowest BCUT2D eigenvalue weighted by Gasteiger charge is -2.14. The Balaban J connectivity index is 1.92. The Hall–Kier alpha value is -1.64. The molecule has 0 saturated carbocycles. The molecule has 112 valence electrons. The highest BCUT2D eigenvalue weighted by Gasteiger charge is 2.31. The Morgan fingerprint density at radius 1 is 1.60 bits per heavy atom. The maximum atomic E-state index is 12.2. The molecule has 0 spiro atoms. The number of rotatable bonds is 4. The summed E-state index contributed by atoms with van der Waals surface area (Å²) in [5.74, 6) is -0.728. The Kier molecular flexibility index (Phi) is 4.26. The van der Waals surface area contributed by atoms with Crippen molar-refractivity contribution in [1.82, 2.24) is 20.8 Å². The van der Waals surface area contributed by atoms with E-state index in [0.717, 1.165) is 19.4 Å². The molecular formula is C11H15F3N4O2. The minimum absolute atomic E-state index is 0.0864. The number of halogens is 3. The third-order valence-corrected chi connectivity index (χ3v) is 2.92. The number of nitrogens with one attached hydrogen (secondary N) is 2. The topological polar surface area (TPSA) is 80.0 Å². The van der Waals surface area contributed by atoms with Crippen LogP contribution < -0.4 is 10.6 Å². The third-order valence-electron chi connectivity index (χ3n) is 2.92. The van der Waals surface area contributed by atoms with Gasteiger partial charge >= 0.3 is 6.18 Å². The number of amides is 1. The van der Waals surface area contributed by atoms with Crippen molar-refractivity contribution < 1.29 is 22.5 Å². The van der Waals surface area contributed by atoms with Crippen LogP contribution in [0.25, 0.3) is 0 Å². The van der Waals surface area contributed by atoms with Crippen LogP contribution in [-0.2, 0) is 0 Å². The summed E-state index contributed by atoms with van der Waals surface area (Å²) >= 11 is 0. The second-order valence-electron chi connectivity index (χ2n) is 4.80. The third kappa shape index (κ3) is 3.92. The zero-order chi connectivity index (χ0) is 14.8. The van der Waals surface area contributed by atoms with Crippen LogP contribution in [0, 0.1) is 0 Å². The van der Waals surface area contributed by atoms with Crippen molar-refractivity contribution in [3.63, 3.8) is 0 Å². The molecule has 20 heavy (non-hydrogen) atoms. The Labute approximate surface area is 113 Å². The van der Waals surface area contributed by atoms with E-state index >= 15 is 0 Å². The average Bonchev–Trinajstić information content (AvgIpc) is 2.97. The second kappa shape index (κ2) is 5.78. The predicted octanol–water partition coefficient (Wildman–Crippen LogP) is 1.56.